The predicted molar refractivity (Wildman–Crippen MR) is 40.8 cm³/mol. The summed E-state index contributed by atoms with van der Waals surface area (Å²) in [5.41, 5.74) is 0. The molecule has 0 saturated carbocycles. The number of rotatable bonds is 0. The van der Waals surface area contributed by atoms with Gasteiger partial charge in [0.05, 0.1) is 0 Å². The summed E-state index contributed by atoms with van der Waals surface area (Å²) in [6.07, 6.45) is 0. The fourth-order valence-corrected chi connectivity index (χ4v) is 0. The molecule has 1 unspecified atom stereocenters. The molecule has 0 aromatic rings. The van der Waals surface area contributed by atoms with Crippen LogP contribution < -0.4 is 75.4 Å². The van der Waals surface area contributed by atoms with Crippen molar-refractivity contribution in [1.29, 1.82) is 0 Å². The van der Waals surface area contributed by atoms with Gasteiger partial charge in [-0.25, -0.2) is 0 Å². The van der Waals surface area contributed by atoms with Crippen molar-refractivity contribution in [2.24, 2.45) is 0 Å². The van der Waals surface area contributed by atoms with Crippen molar-refractivity contribution < 1.29 is 89.7 Å². The molecule has 0 heterocycles. The van der Waals surface area contributed by atoms with Gasteiger partial charge in [-0.2, -0.15) is 9.90 Å². The van der Waals surface area contributed by atoms with Crippen LogP contribution in [0.2, 0.25) is 0 Å². The summed E-state index contributed by atoms with van der Waals surface area (Å²) in [5, 5.41) is 0. The molecule has 0 spiro atoms. The van der Waals surface area contributed by atoms with Crippen molar-refractivity contribution in [2.45, 2.75) is 0 Å². The normalized spacial score (nSPS) is 8.57. The van der Waals surface area contributed by atoms with Gasteiger partial charge in [0.1, 0.15) is 0 Å². The van der Waals surface area contributed by atoms with Crippen molar-refractivity contribution in [3.05, 3.63) is 0 Å². The minimum atomic E-state index is -5.61. The summed E-state index contributed by atoms with van der Waals surface area (Å²) in [4.78, 5) is 64.9. The minimum absolute atomic E-state index is 0. The summed E-state index contributed by atoms with van der Waals surface area (Å²) in [6.45, 7) is 0. The second-order valence-electron chi connectivity index (χ2n) is 1.07. The van der Waals surface area contributed by atoms with Crippen LogP contribution in [0, 0.1) is 0 Å². The molecule has 14 heavy (non-hydrogen) atoms. The molecule has 72 valence electrons. The average Bonchev–Trinajstić information content (AvgIpc) is 1.12. The maximum absolute atomic E-state index is 8.91. The fourth-order valence-electron chi connectivity index (χ4n) is 0. The van der Waals surface area contributed by atoms with Gasteiger partial charge in [0.25, 0.3) is 0 Å². The molecule has 0 aliphatic rings. The molecular weight excluding hydrogens is 319 g/mol. The third kappa shape index (κ3) is 212. The van der Waals surface area contributed by atoms with E-state index in [0.717, 1.165) is 0 Å². The van der Waals surface area contributed by atoms with Gasteiger partial charge in [-0.3, -0.25) is 0 Å². The van der Waals surface area contributed by atoms with E-state index < -0.39 is 18.1 Å². The molecule has 0 fully saturated rings. The zero-order valence-corrected chi connectivity index (χ0v) is 17.7. The third-order valence-electron chi connectivity index (χ3n) is 0. The van der Waals surface area contributed by atoms with E-state index in [2.05, 4.69) is 0 Å². The van der Waals surface area contributed by atoms with Gasteiger partial charge in [-0.05, 0) is 0 Å². The van der Waals surface area contributed by atoms with E-state index in [-0.39, 0.29) is 122 Å². The molecule has 0 aliphatic carbocycles. The minimum Gasteiger partial charge on any atom is -0.894 e. The molecule has 8 nitrogen and oxygen atoms in total. The molecule has 0 rings (SSSR count). The zero-order chi connectivity index (χ0) is 9.00. The molecule has 0 radical (unpaired) electrons. The first-order valence-electron chi connectivity index (χ1n) is 1.69. The van der Waals surface area contributed by atoms with Crippen LogP contribution in [0.15, 0.2) is 0 Å². The summed E-state index contributed by atoms with van der Waals surface area (Å²) in [6, 6.07) is 0. The van der Waals surface area contributed by atoms with Crippen LogP contribution in [-0.2, 0) is 0 Å². The largest absolute Gasteiger partial charge is 2.00 e. The average molecular weight is 325 g/mol. The Hall–Kier alpha value is 4.21. The Morgan fingerprint density at radius 2 is 0.786 bits per heavy atom. The first-order chi connectivity index (χ1) is 4.00. The van der Waals surface area contributed by atoms with Crippen LogP contribution in [0.1, 0.15) is 0 Å². The molecule has 0 bridgehead atoms. The smallest absolute Gasteiger partial charge is 0.894 e. The molecule has 0 saturated heterocycles. The Morgan fingerprint density at radius 3 is 0.786 bits per heavy atom. The third-order valence-corrected chi connectivity index (χ3v) is 0. The second-order valence-corrected chi connectivity index (χ2v) is 3.22. The van der Waals surface area contributed by atoms with E-state index >= 15 is 0 Å². The molecule has 14 heteroatoms. The molecule has 3 N–H and O–H groups in total. The first kappa shape index (κ1) is 36.2. The van der Waals surface area contributed by atoms with Crippen molar-refractivity contribution in [3.8, 4) is 0 Å². The Balaban J connectivity index is -0.0000000178. The molecule has 1 atom stereocenters. The first-order valence-corrected chi connectivity index (χ1v) is 5.07. The topological polar surface area (TPSA) is 176 Å². The summed E-state index contributed by atoms with van der Waals surface area (Å²) >= 11 is 0. The van der Waals surface area contributed by atoms with Gasteiger partial charge in [-0.15, -0.1) is 0 Å². The summed E-state index contributed by atoms with van der Waals surface area (Å²) in [7, 11) is -10.5. The van der Waals surface area contributed by atoms with Crippen molar-refractivity contribution in [1.82, 2.24) is 0 Å². The van der Waals surface area contributed by atoms with Crippen LogP contribution in [0.4, 0.5) is 0 Å². The van der Waals surface area contributed by atoms with Crippen molar-refractivity contribution >= 4 is 88.8 Å². The predicted octanol–water partition coefficient (Wildman–Crippen LogP) is -12.1. The molecular formula is H6CaKMgO8PSi2. The standard InChI is InChI=1S/Ca.K.Mg.H3O4Si.O4Si.H3P/c;;;2*1-5(2,3)4;/h;;;1-3H;;1H3/q+2;+1;+2;-1;-4;. The summed E-state index contributed by atoms with van der Waals surface area (Å²) in [5.74, 6) is 0. The van der Waals surface area contributed by atoms with E-state index in [1.54, 1.807) is 0 Å². The molecule has 0 aromatic heterocycles. The monoisotopic (exact) mass is 324 g/mol. The maximum atomic E-state index is 8.91. The molecule has 0 aromatic carbocycles. The quantitative estimate of drug-likeness (QED) is 0.290. The van der Waals surface area contributed by atoms with E-state index in [9.17, 15) is 0 Å². The van der Waals surface area contributed by atoms with Gasteiger partial charge in [-0.1, -0.05) is 0 Å². The van der Waals surface area contributed by atoms with Crippen LogP contribution in [0.3, 0.4) is 0 Å². The van der Waals surface area contributed by atoms with Gasteiger partial charge in [0.2, 0.25) is 0 Å². The van der Waals surface area contributed by atoms with Gasteiger partial charge in [0.15, 0.2) is 0 Å². The van der Waals surface area contributed by atoms with E-state index in [0.29, 0.717) is 0 Å². The van der Waals surface area contributed by atoms with Gasteiger partial charge in [0, 0.05) is 0 Å². The van der Waals surface area contributed by atoms with E-state index in [4.69, 9.17) is 38.4 Å². The molecule has 0 amide bonds. The van der Waals surface area contributed by atoms with E-state index in [1.165, 1.54) is 0 Å². The Labute approximate surface area is 175 Å². The molecule has 0 aliphatic heterocycles. The SMILES string of the molecule is P.[Ca+2].[K+].[Mg+2].[O-][Si](O)(O)O.[O-][Si]([O-])([O-])[O-]. The van der Waals surface area contributed by atoms with Crippen LogP contribution in [-0.4, -0.2) is 93.3 Å². The van der Waals surface area contributed by atoms with E-state index in [1.807, 2.05) is 0 Å². The van der Waals surface area contributed by atoms with Crippen molar-refractivity contribution in [2.75, 3.05) is 0 Å². The van der Waals surface area contributed by atoms with Crippen LogP contribution in [0.5, 0.6) is 0 Å². The van der Waals surface area contributed by atoms with Crippen LogP contribution in [0.25, 0.3) is 0 Å². The van der Waals surface area contributed by atoms with Crippen LogP contribution >= 0.6 is 9.90 Å². The maximum Gasteiger partial charge on any atom is 2.00 e. The number of hydrogen-bond donors (Lipinski definition) is 3. The summed E-state index contributed by atoms with van der Waals surface area (Å²) < 4.78 is 0. The Kier molecular flexibility index (Phi) is 44.5. The number of hydrogen-bond acceptors (Lipinski definition) is 8. The second kappa shape index (κ2) is 17.2. The Morgan fingerprint density at radius 1 is 0.786 bits per heavy atom. The zero-order valence-electron chi connectivity index (χ0n) is 7.50. The fraction of sp³-hybridized carbons (Fsp3) is 0. The Bertz CT molecular complexity index is 70.3. The van der Waals surface area contributed by atoms with Crippen molar-refractivity contribution in [3.63, 3.8) is 0 Å². The van der Waals surface area contributed by atoms with Gasteiger partial charge < -0.3 is 47.4 Å². The van der Waals surface area contributed by atoms with Gasteiger partial charge >= 0.3 is 121 Å².